The van der Waals surface area contributed by atoms with E-state index in [1.807, 2.05) is 18.2 Å². The van der Waals surface area contributed by atoms with Crippen LogP contribution in [0.3, 0.4) is 0 Å². The number of hydrogen-bond acceptors (Lipinski definition) is 2. The van der Waals surface area contributed by atoms with Crippen molar-refractivity contribution in [3.8, 4) is 0 Å². The molecule has 4 heteroatoms. The molecule has 0 spiro atoms. The lowest BCUT2D eigenvalue weighted by atomic mass is 9.94. The van der Waals surface area contributed by atoms with Gasteiger partial charge < -0.3 is 0 Å². The molecule has 3 N–H and O–H groups in total. The molecule has 2 nitrogen and oxygen atoms in total. The third-order valence-corrected chi connectivity index (χ3v) is 4.01. The largest absolute Gasteiger partial charge is 0.271 e. The summed E-state index contributed by atoms with van der Waals surface area (Å²) in [6.07, 6.45) is 0. The quantitative estimate of drug-likeness (QED) is 0.647. The molecule has 0 fully saturated rings. The number of halogens is 2. The highest BCUT2D eigenvalue weighted by Gasteiger charge is 2.17. The molecule has 100 valence electrons. The summed E-state index contributed by atoms with van der Waals surface area (Å²) < 4.78 is 0.956. The SMILES string of the molecule is Cc1ccc(C)c(C(NN)c2ccc(Br)cc2Cl)c1. The van der Waals surface area contributed by atoms with Gasteiger partial charge in [0.2, 0.25) is 0 Å². The van der Waals surface area contributed by atoms with Crippen LogP contribution in [0.2, 0.25) is 5.02 Å². The lowest BCUT2D eigenvalue weighted by molar-refractivity contribution is 0.633. The lowest BCUT2D eigenvalue weighted by Crippen LogP contribution is -2.29. The highest BCUT2D eigenvalue weighted by molar-refractivity contribution is 9.10. The minimum Gasteiger partial charge on any atom is -0.271 e. The summed E-state index contributed by atoms with van der Waals surface area (Å²) in [7, 11) is 0. The monoisotopic (exact) mass is 338 g/mol. The molecule has 0 aliphatic carbocycles. The molecule has 0 aromatic heterocycles. The average molecular weight is 340 g/mol. The Hall–Kier alpha value is -0.870. The van der Waals surface area contributed by atoms with E-state index in [0.29, 0.717) is 5.02 Å². The molecule has 0 aliphatic rings. The van der Waals surface area contributed by atoms with Gasteiger partial charge in [0.05, 0.1) is 6.04 Å². The molecular weight excluding hydrogens is 324 g/mol. The van der Waals surface area contributed by atoms with Gasteiger partial charge in [-0.05, 0) is 42.7 Å². The second kappa shape index (κ2) is 6.06. The maximum Gasteiger partial charge on any atom is 0.0727 e. The van der Waals surface area contributed by atoms with E-state index in [2.05, 4.69) is 53.4 Å². The van der Waals surface area contributed by atoms with Crippen LogP contribution < -0.4 is 11.3 Å². The van der Waals surface area contributed by atoms with Gasteiger partial charge in [0.15, 0.2) is 0 Å². The molecule has 0 saturated carbocycles. The average Bonchev–Trinajstić information content (AvgIpc) is 2.36. The maximum atomic E-state index is 6.32. The van der Waals surface area contributed by atoms with Gasteiger partial charge in [-0.1, -0.05) is 57.4 Å². The van der Waals surface area contributed by atoms with Crippen LogP contribution in [0.25, 0.3) is 0 Å². The molecule has 2 rings (SSSR count). The number of nitrogens with two attached hydrogens (primary N) is 1. The second-order valence-electron chi connectivity index (χ2n) is 4.63. The fourth-order valence-electron chi connectivity index (χ4n) is 2.15. The van der Waals surface area contributed by atoms with Gasteiger partial charge in [-0.25, -0.2) is 5.43 Å². The van der Waals surface area contributed by atoms with Crippen LogP contribution in [-0.2, 0) is 0 Å². The number of rotatable bonds is 3. The molecule has 2 aromatic rings. The van der Waals surface area contributed by atoms with Crippen LogP contribution in [0.4, 0.5) is 0 Å². The van der Waals surface area contributed by atoms with Gasteiger partial charge in [0.1, 0.15) is 0 Å². The van der Waals surface area contributed by atoms with E-state index in [1.165, 1.54) is 11.1 Å². The molecule has 0 amide bonds. The first-order valence-corrected chi connectivity index (χ1v) is 7.18. The van der Waals surface area contributed by atoms with E-state index >= 15 is 0 Å². The van der Waals surface area contributed by atoms with E-state index in [9.17, 15) is 0 Å². The predicted octanol–water partition coefficient (Wildman–Crippen LogP) is 4.27. The van der Waals surface area contributed by atoms with Crippen molar-refractivity contribution in [2.24, 2.45) is 5.84 Å². The molecular formula is C15H16BrClN2. The number of hydrazine groups is 1. The van der Waals surface area contributed by atoms with Gasteiger partial charge in [0, 0.05) is 9.50 Å². The minimum atomic E-state index is -0.111. The molecule has 0 aliphatic heterocycles. The van der Waals surface area contributed by atoms with Crippen LogP contribution >= 0.6 is 27.5 Å². The van der Waals surface area contributed by atoms with Crippen molar-refractivity contribution in [1.82, 2.24) is 5.43 Å². The molecule has 0 heterocycles. The van der Waals surface area contributed by atoms with Gasteiger partial charge in [-0.2, -0.15) is 0 Å². The van der Waals surface area contributed by atoms with Crippen LogP contribution in [-0.4, -0.2) is 0 Å². The maximum absolute atomic E-state index is 6.32. The summed E-state index contributed by atoms with van der Waals surface area (Å²) in [5.41, 5.74) is 7.37. The van der Waals surface area contributed by atoms with Crippen molar-refractivity contribution in [2.45, 2.75) is 19.9 Å². The number of nitrogens with one attached hydrogen (secondary N) is 1. The summed E-state index contributed by atoms with van der Waals surface area (Å²) in [6.45, 7) is 4.14. The normalized spacial score (nSPS) is 12.5. The van der Waals surface area contributed by atoms with E-state index in [-0.39, 0.29) is 6.04 Å². The third-order valence-electron chi connectivity index (χ3n) is 3.19. The first kappa shape index (κ1) is 14.5. The van der Waals surface area contributed by atoms with Crippen LogP contribution in [0.15, 0.2) is 40.9 Å². The van der Waals surface area contributed by atoms with Crippen molar-refractivity contribution in [3.63, 3.8) is 0 Å². The van der Waals surface area contributed by atoms with Crippen molar-refractivity contribution in [2.75, 3.05) is 0 Å². The van der Waals surface area contributed by atoms with Crippen LogP contribution in [0, 0.1) is 13.8 Å². The fourth-order valence-corrected chi connectivity index (χ4v) is 2.94. The fraction of sp³-hybridized carbons (Fsp3) is 0.200. The topological polar surface area (TPSA) is 38.0 Å². The number of benzene rings is 2. The van der Waals surface area contributed by atoms with Crippen molar-refractivity contribution < 1.29 is 0 Å². The van der Waals surface area contributed by atoms with Gasteiger partial charge >= 0.3 is 0 Å². The first-order valence-electron chi connectivity index (χ1n) is 6.01. The lowest BCUT2D eigenvalue weighted by Gasteiger charge is -2.21. The van der Waals surface area contributed by atoms with E-state index in [4.69, 9.17) is 17.4 Å². The second-order valence-corrected chi connectivity index (χ2v) is 5.95. The van der Waals surface area contributed by atoms with Crippen molar-refractivity contribution in [3.05, 3.63) is 68.1 Å². The molecule has 19 heavy (non-hydrogen) atoms. The van der Waals surface area contributed by atoms with E-state index in [1.54, 1.807) is 0 Å². The molecule has 0 radical (unpaired) electrons. The summed E-state index contributed by atoms with van der Waals surface area (Å²) in [5.74, 6) is 5.74. The Labute approximate surface area is 127 Å². The van der Waals surface area contributed by atoms with Gasteiger partial charge in [-0.15, -0.1) is 0 Å². The van der Waals surface area contributed by atoms with Crippen molar-refractivity contribution >= 4 is 27.5 Å². The number of aryl methyl sites for hydroxylation is 2. The zero-order valence-corrected chi connectivity index (χ0v) is 13.2. The molecule has 0 bridgehead atoms. The summed E-state index contributed by atoms with van der Waals surface area (Å²) in [4.78, 5) is 0. The highest BCUT2D eigenvalue weighted by Crippen LogP contribution is 2.31. The Balaban J connectivity index is 2.52. The van der Waals surface area contributed by atoms with Crippen LogP contribution in [0.5, 0.6) is 0 Å². The van der Waals surface area contributed by atoms with Gasteiger partial charge in [-0.3, -0.25) is 5.84 Å². The Morgan fingerprint density at radius 2 is 1.84 bits per heavy atom. The predicted molar refractivity (Wildman–Crippen MR) is 84.2 cm³/mol. The molecule has 1 unspecified atom stereocenters. The molecule has 1 atom stereocenters. The van der Waals surface area contributed by atoms with Gasteiger partial charge in [0.25, 0.3) is 0 Å². The number of hydrogen-bond donors (Lipinski definition) is 2. The zero-order valence-electron chi connectivity index (χ0n) is 10.9. The Morgan fingerprint density at radius 3 is 2.47 bits per heavy atom. The smallest absolute Gasteiger partial charge is 0.0727 e. The summed E-state index contributed by atoms with van der Waals surface area (Å²) in [5, 5.41) is 0.693. The Bertz CT molecular complexity index is 599. The molecule has 2 aromatic carbocycles. The summed E-state index contributed by atoms with van der Waals surface area (Å²) >= 11 is 9.73. The Morgan fingerprint density at radius 1 is 1.11 bits per heavy atom. The Kier molecular flexibility index (Phi) is 4.63. The standard InChI is InChI=1S/C15H16BrClN2/c1-9-3-4-10(2)13(7-9)15(19-18)12-6-5-11(16)8-14(12)17/h3-8,15,19H,18H2,1-2H3. The van der Waals surface area contributed by atoms with Crippen LogP contribution in [0.1, 0.15) is 28.3 Å². The molecule has 0 saturated heterocycles. The summed E-state index contributed by atoms with van der Waals surface area (Å²) in [6, 6.07) is 12.1. The first-order chi connectivity index (χ1) is 9.02. The van der Waals surface area contributed by atoms with Crippen molar-refractivity contribution in [1.29, 1.82) is 0 Å². The zero-order chi connectivity index (χ0) is 14.0. The minimum absolute atomic E-state index is 0.111. The van der Waals surface area contributed by atoms with E-state index in [0.717, 1.165) is 15.6 Å². The third kappa shape index (κ3) is 3.18. The highest BCUT2D eigenvalue weighted by atomic mass is 79.9. The van der Waals surface area contributed by atoms with E-state index < -0.39 is 0 Å².